The lowest BCUT2D eigenvalue weighted by Gasteiger charge is -2.27. The number of benzene rings is 3. The first-order chi connectivity index (χ1) is 18.4. The van der Waals surface area contributed by atoms with E-state index in [0.717, 1.165) is 53.8 Å². The van der Waals surface area contributed by atoms with Gasteiger partial charge in [-0.05, 0) is 80.6 Å². The van der Waals surface area contributed by atoms with E-state index >= 15 is 0 Å². The van der Waals surface area contributed by atoms with Crippen LogP contribution in [0, 0.1) is 6.92 Å². The molecular formula is C30H30Cl2N4O2. The highest BCUT2D eigenvalue weighted by Crippen LogP contribution is 2.33. The van der Waals surface area contributed by atoms with E-state index in [1.165, 1.54) is 0 Å². The molecular weight excluding hydrogens is 519 g/mol. The topological polar surface area (TPSA) is 82.2 Å². The van der Waals surface area contributed by atoms with Crippen molar-refractivity contribution >= 4 is 29.1 Å². The molecule has 6 nitrogen and oxygen atoms in total. The number of nitrogens with one attached hydrogen (secondary N) is 1. The Morgan fingerprint density at radius 2 is 1.84 bits per heavy atom. The minimum Gasteiger partial charge on any atom is -0.489 e. The van der Waals surface area contributed by atoms with Crippen LogP contribution in [0.15, 0.2) is 72.8 Å². The van der Waals surface area contributed by atoms with Gasteiger partial charge in [-0.15, -0.1) is 0 Å². The van der Waals surface area contributed by atoms with Gasteiger partial charge in [-0.25, -0.2) is 4.68 Å². The normalized spacial score (nSPS) is 17.3. The monoisotopic (exact) mass is 548 g/mol. The number of aromatic nitrogens is 2. The Labute approximate surface area is 232 Å². The van der Waals surface area contributed by atoms with Crippen molar-refractivity contribution in [2.75, 3.05) is 0 Å². The van der Waals surface area contributed by atoms with E-state index in [9.17, 15) is 4.79 Å². The Morgan fingerprint density at radius 3 is 2.55 bits per heavy atom. The zero-order valence-electron chi connectivity index (χ0n) is 21.2. The summed E-state index contributed by atoms with van der Waals surface area (Å²) >= 11 is 12.7. The van der Waals surface area contributed by atoms with Crippen LogP contribution in [-0.4, -0.2) is 27.8 Å². The number of carbonyl (C=O) groups excluding carboxylic acids is 1. The van der Waals surface area contributed by atoms with Crippen molar-refractivity contribution in [2.45, 2.75) is 51.3 Å². The summed E-state index contributed by atoms with van der Waals surface area (Å²) in [7, 11) is 0. The first-order valence-electron chi connectivity index (χ1n) is 12.8. The van der Waals surface area contributed by atoms with E-state index in [1.54, 1.807) is 22.9 Å². The Balaban J connectivity index is 1.47. The van der Waals surface area contributed by atoms with Crippen LogP contribution in [0.25, 0.3) is 16.9 Å². The summed E-state index contributed by atoms with van der Waals surface area (Å²) < 4.78 is 7.68. The van der Waals surface area contributed by atoms with Gasteiger partial charge in [0.05, 0.1) is 16.4 Å². The van der Waals surface area contributed by atoms with Gasteiger partial charge in [-0.3, -0.25) is 4.79 Å². The fourth-order valence-electron chi connectivity index (χ4n) is 4.94. The van der Waals surface area contributed by atoms with Crippen molar-refractivity contribution in [2.24, 2.45) is 5.73 Å². The maximum Gasteiger partial charge on any atom is 0.272 e. The average Bonchev–Trinajstić information content (AvgIpc) is 3.25. The Morgan fingerprint density at radius 1 is 1.08 bits per heavy atom. The SMILES string of the molecule is Cc1c(C(=O)NC2CCCC(N)C2)nn(-c2ccc(Cl)cc2Cl)c1-c1ccc(OCc2ccccc2)cc1. The van der Waals surface area contributed by atoms with E-state index in [-0.39, 0.29) is 18.0 Å². The van der Waals surface area contributed by atoms with Gasteiger partial charge in [0, 0.05) is 28.2 Å². The van der Waals surface area contributed by atoms with Crippen LogP contribution in [0.3, 0.4) is 0 Å². The zero-order chi connectivity index (χ0) is 26.6. The third-order valence-corrected chi connectivity index (χ3v) is 7.44. The molecule has 3 aromatic carbocycles. The predicted molar refractivity (Wildman–Crippen MR) is 152 cm³/mol. The van der Waals surface area contributed by atoms with Crippen molar-refractivity contribution in [3.8, 4) is 22.7 Å². The molecule has 3 N–H and O–H groups in total. The maximum atomic E-state index is 13.4. The summed E-state index contributed by atoms with van der Waals surface area (Å²) in [6.45, 7) is 2.39. The summed E-state index contributed by atoms with van der Waals surface area (Å²) in [5.74, 6) is 0.534. The second-order valence-electron chi connectivity index (χ2n) is 9.73. The molecule has 0 radical (unpaired) electrons. The second-order valence-corrected chi connectivity index (χ2v) is 10.6. The largest absolute Gasteiger partial charge is 0.489 e. The summed E-state index contributed by atoms with van der Waals surface area (Å²) in [6.07, 6.45) is 3.68. The molecule has 38 heavy (non-hydrogen) atoms. The molecule has 0 aliphatic heterocycles. The molecule has 1 aliphatic carbocycles. The first-order valence-corrected chi connectivity index (χ1v) is 13.5. The minimum atomic E-state index is -0.213. The molecule has 1 heterocycles. The lowest BCUT2D eigenvalue weighted by molar-refractivity contribution is 0.0919. The molecule has 8 heteroatoms. The summed E-state index contributed by atoms with van der Waals surface area (Å²) in [6, 6.07) is 23.2. The molecule has 2 atom stereocenters. The number of hydrogen-bond donors (Lipinski definition) is 2. The molecule has 1 amide bonds. The number of nitrogens with zero attached hydrogens (tertiary/aromatic N) is 2. The second kappa shape index (κ2) is 11.6. The molecule has 1 saturated carbocycles. The molecule has 1 aromatic heterocycles. The lowest BCUT2D eigenvalue weighted by atomic mass is 9.91. The van der Waals surface area contributed by atoms with E-state index in [4.69, 9.17) is 38.8 Å². The summed E-state index contributed by atoms with van der Waals surface area (Å²) in [4.78, 5) is 13.4. The fourth-order valence-corrected chi connectivity index (χ4v) is 5.43. The number of ether oxygens (including phenoxy) is 1. The molecule has 1 aliphatic rings. The molecule has 196 valence electrons. The van der Waals surface area contributed by atoms with Gasteiger partial charge < -0.3 is 15.8 Å². The standard InChI is InChI=1S/C30H30Cl2N4O2/c1-19-28(30(37)34-24-9-5-8-23(33)17-24)35-36(27-15-12-22(31)16-26(27)32)29(19)21-10-13-25(14-11-21)38-18-20-6-3-2-4-7-20/h2-4,6-7,10-16,23-24H,5,8-9,17-18,33H2,1H3,(H,34,37). The highest BCUT2D eigenvalue weighted by Gasteiger charge is 2.26. The van der Waals surface area contributed by atoms with Crippen LogP contribution in [0.5, 0.6) is 5.75 Å². The van der Waals surface area contributed by atoms with Crippen molar-refractivity contribution in [1.29, 1.82) is 0 Å². The van der Waals surface area contributed by atoms with Crippen molar-refractivity contribution in [3.05, 3.63) is 99.7 Å². The van der Waals surface area contributed by atoms with Gasteiger partial charge in [0.1, 0.15) is 12.4 Å². The van der Waals surface area contributed by atoms with E-state index in [0.29, 0.717) is 28.0 Å². The molecule has 0 spiro atoms. The zero-order valence-corrected chi connectivity index (χ0v) is 22.7. The molecule has 2 unspecified atom stereocenters. The summed E-state index contributed by atoms with van der Waals surface area (Å²) in [5, 5.41) is 8.85. The molecule has 0 bridgehead atoms. The maximum absolute atomic E-state index is 13.4. The average molecular weight is 550 g/mol. The summed E-state index contributed by atoms with van der Waals surface area (Å²) in [5.41, 5.74) is 10.6. The number of carbonyl (C=O) groups is 1. The molecule has 5 rings (SSSR count). The van der Waals surface area contributed by atoms with Gasteiger partial charge in [-0.2, -0.15) is 5.10 Å². The number of amides is 1. The van der Waals surface area contributed by atoms with Crippen LogP contribution in [0.2, 0.25) is 10.0 Å². The molecule has 1 fully saturated rings. The van der Waals surface area contributed by atoms with E-state index in [1.807, 2.05) is 61.5 Å². The van der Waals surface area contributed by atoms with Gasteiger partial charge in [-0.1, -0.05) is 53.5 Å². The van der Waals surface area contributed by atoms with Crippen LogP contribution >= 0.6 is 23.2 Å². The first kappa shape index (κ1) is 26.3. The van der Waals surface area contributed by atoms with Crippen molar-refractivity contribution < 1.29 is 9.53 Å². The van der Waals surface area contributed by atoms with Crippen molar-refractivity contribution in [3.63, 3.8) is 0 Å². The smallest absolute Gasteiger partial charge is 0.272 e. The Hall–Kier alpha value is -3.32. The van der Waals surface area contributed by atoms with Crippen molar-refractivity contribution in [1.82, 2.24) is 15.1 Å². The number of rotatable bonds is 7. The highest BCUT2D eigenvalue weighted by atomic mass is 35.5. The van der Waals surface area contributed by atoms with Gasteiger partial charge >= 0.3 is 0 Å². The third kappa shape index (κ3) is 5.88. The minimum absolute atomic E-state index is 0.0411. The molecule has 0 saturated heterocycles. The fraction of sp³-hybridized carbons (Fsp3) is 0.267. The van der Waals surface area contributed by atoms with Crippen LogP contribution in [0.4, 0.5) is 0 Å². The van der Waals surface area contributed by atoms with Gasteiger partial charge in [0.25, 0.3) is 5.91 Å². The van der Waals surface area contributed by atoms with Crippen LogP contribution in [0.1, 0.15) is 47.3 Å². The molecule has 4 aromatic rings. The van der Waals surface area contributed by atoms with Crippen LogP contribution < -0.4 is 15.8 Å². The number of halogens is 2. The Bertz CT molecular complexity index is 1420. The van der Waals surface area contributed by atoms with E-state index < -0.39 is 0 Å². The lowest BCUT2D eigenvalue weighted by Crippen LogP contribution is -2.42. The van der Waals surface area contributed by atoms with Gasteiger partial charge in [0.2, 0.25) is 0 Å². The van der Waals surface area contributed by atoms with E-state index in [2.05, 4.69) is 5.32 Å². The Kier molecular flexibility index (Phi) is 8.03. The van der Waals surface area contributed by atoms with Gasteiger partial charge in [0.15, 0.2) is 5.69 Å². The number of hydrogen-bond acceptors (Lipinski definition) is 4. The van der Waals surface area contributed by atoms with Crippen LogP contribution in [-0.2, 0) is 6.61 Å². The third-order valence-electron chi connectivity index (χ3n) is 6.90. The quantitative estimate of drug-likeness (QED) is 0.268. The number of nitrogens with two attached hydrogens (primary N) is 1. The highest BCUT2D eigenvalue weighted by molar-refractivity contribution is 6.35. The predicted octanol–water partition coefficient (Wildman–Crippen LogP) is 6.73.